The van der Waals surface area contributed by atoms with E-state index in [-0.39, 0.29) is 0 Å². The van der Waals surface area contributed by atoms with Gasteiger partial charge in [0.25, 0.3) is 0 Å². The first-order chi connectivity index (χ1) is 9.95. The smallest absolute Gasteiger partial charge is 0.380 e. The van der Waals surface area contributed by atoms with E-state index < -0.39 is 12.3 Å². The maximum absolute atomic E-state index is 12.2. The number of nitrogens with zero attached hydrogens (tertiary/aromatic N) is 2. The molecule has 1 saturated heterocycles. The Hall–Kier alpha value is -1.53. The standard InChI is InChI=1S/C15H19F3N2O/c16-15(17,18)14(21)6-7-19-8-10-20(11-9-19)12-13-4-2-1-3-5-13/h1-7,14,21H,8-12H2. The van der Waals surface area contributed by atoms with Gasteiger partial charge in [-0.3, -0.25) is 4.90 Å². The zero-order chi connectivity index (χ0) is 15.3. The molecular formula is C15H19F3N2O. The van der Waals surface area contributed by atoms with E-state index in [1.165, 1.54) is 11.8 Å². The summed E-state index contributed by atoms with van der Waals surface area (Å²) >= 11 is 0. The number of rotatable bonds is 4. The minimum atomic E-state index is -4.59. The molecule has 2 rings (SSSR count). The van der Waals surface area contributed by atoms with Crippen molar-refractivity contribution in [3.05, 3.63) is 48.2 Å². The van der Waals surface area contributed by atoms with Crippen molar-refractivity contribution >= 4 is 0 Å². The van der Waals surface area contributed by atoms with E-state index in [9.17, 15) is 13.2 Å². The van der Waals surface area contributed by atoms with Crippen molar-refractivity contribution in [1.29, 1.82) is 0 Å². The van der Waals surface area contributed by atoms with Gasteiger partial charge >= 0.3 is 6.18 Å². The summed E-state index contributed by atoms with van der Waals surface area (Å²) < 4.78 is 36.5. The van der Waals surface area contributed by atoms with E-state index in [4.69, 9.17) is 5.11 Å². The second kappa shape index (κ2) is 6.95. The number of aliphatic hydroxyl groups excluding tert-OH is 1. The molecule has 1 atom stereocenters. The topological polar surface area (TPSA) is 26.7 Å². The lowest BCUT2D eigenvalue weighted by Crippen LogP contribution is -2.43. The van der Waals surface area contributed by atoms with Crippen molar-refractivity contribution in [2.75, 3.05) is 26.2 Å². The van der Waals surface area contributed by atoms with Gasteiger partial charge in [0.05, 0.1) is 0 Å². The predicted octanol–water partition coefficient (Wildman–Crippen LogP) is 2.24. The Kier molecular flexibility index (Phi) is 5.25. The maximum atomic E-state index is 12.2. The fourth-order valence-corrected chi connectivity index (χ4v) is 2.22. The zero-order valence-corrected chi connectivity index (χ0v) is 11.6. The molecule has 6 heteroatoms. The molecule has 0 aliphatic carbocycles. The minimum Gasteiger partial charge on any atom is -0.380 e. The van der Waals surface area contributed by atoms with Gasteiger partial charge in [-0.1, -0.05) is 30.3 Å². The van der Waals surface area contributed by atoms with E-state index in [0.717, 1.165) is 25.7 Å². The molecule has 0 spiro atoms. The van der Waals surface area contributed by atoms with E-state index in [1.54, 1.807) is 4.90 Å². The van der Waals surface area contributed by atoms with Gasteiger partial charge in [-0.2, -0.15) is 13.2 Å². The fraction of sp³-hybridized carbons (Fsp3) is 0.467. The average Bonchev–Trinajstić information content (AvgIpc) is 2.46. The number of aliphatic hydroxyl groups is 1. The Morgan fingerprint density at radius 3 is 2.29 bits per heavy atom. The number of benzene rings is 1. The lowest BCUT2D eigenvalue weighted by Gasteiger charge is -2.34. The zero-order valence-electron chi connectivity index (χ0n) is 11.6. The monoisotopic (exact) mass is 300 g/mol. The summed E-state index contributed by atoms with van der Waals surface area (Å²) in [6, 6.07) is 10.1. The lowest BCUT2D eigenvalue weighted by molar-refractivity contribution is -0.188. The number of alkyl halides is 3. The summed E-state index contributed by atoms with van der Waals surface area (Å²) in [5, 5.41) is 8.91. The molecule has 21 heavy (non-hydrogen) atoms. The van der Waals surface area contributed by atoms with Crippen LogP contribution >= 0.6 is 0 Å². The molecule has 1 N–H and O–H groups in total. The van der Waals surface area contributed by atoms with E-state index >= 15 is 0 Å². The second-order valence-corrected chi connectivity index (χ2v) is 5.13. The first-order valence-electron chi connectivity index (χ1n) is 6.88. The molecule has 1 unspecified atom stereocenters. The van der Waals surface area contributed by atoms with Gasteiger partial charge in [-0.25, -0.2) is 0 Å². The summed E-state index contributed by atoms with van der Waals surface area (Å²) in [5.41, 5.74) is 1.23. The molecule has 0 saturated carbocycles. The molecule has 0 bridgehead atoms. The van der Waals surface area contributed by atoms with Crippen molar-refractivity contribution in [3.63, 3.8) is 0 Å². The third-order valence-corrected chi connectivity index (χ3v) is 3.47. The van der Waals surface area contributed by atoms with Crippen LogP contribution in [0.3, 0.4) is 0 Å². The highest BCUT2D eigenvalue weighted by atomic mass is 19.4. The number of hydrogen-bond donors (Lipinski definition) is 1. The Labute approximate surface area is 122 Å². The molecule has 1 aromatic rings. The molecule has 0 radical (unpaired) electrons. The Bertz CT molecular complexity index is 454. The summed E-state index contributed by atoms with van der Waals surface area (Å²) in [6.07, 6.45) is -4.84. The van der Waals surface area contributed by atoms with Crippen LogP contribution in [-0.2, 0) is 6.54 Å². The summed E-state index contributed by atoms with van der Waals surface area (Å²) in [7, 11) is 0. The Morgan fingerprint density at radius 1 is 1.10 bits per heavy atom. The molecule has 0 aromatic heterocycles. The summed E-state index contributed by atoms with van der Waals surface area (Å²) in [6.45, 7) is 3.76. The van der Waals surface area contributed by atoms with Crippen molar-refractivity contribution in [1.82, 2.24) is 9.80 Å². The van der Waals surface area contributed by atoms with Gasteiger partial charge in [-0.05, 0) is 17.8 Å². The molecule has 1 aliphatic heterocycles. The highest BCUT2D eigenvalue weighted by molar-refractivity contribution is 5.14. The van der Waals surface area contributed by atoms with Crippen LogP contribution in [0.5, 0.6) is 0 Å². The molecular weight excluding hydrogens is 281 g/mol. The number of hydrogen-bond acceptors (Lipinski definition) is 3. The SMILES string of the molecule is OC(C=CN1CCN(Cc2ccccc2)CC1)C(F)(F)F. The highest BCUT2D eigenvalue weighted by Gasteiger charge is 2.36. The van der Waals surface area contributed by atoms with Crippen LogP contribution < -0.4 is 0 Å². The molecule has 1 aliphatic rings. The van der Waals surface area contributed by atoms with Crippen LogP contribution in [0.2, 0.25) is 0 Å². The van der Waals surface area contributed by atoms with Crippen LogP contribution in [0.4, 0.5) is 13.2 Å². The van der Waals surface area contributed by atoms with Crippen LogP contribution in [0.15, 0.2) is 42.6 Å². The van der Waals surface area contributed by atoms with Crippen LogP contribution in [0.1, 0.15) is 5.56 Å². The quantitative estimate of drug-likeness (QED) is 0.924. The minimum absolute atomic E-state index is 0.661. The first kappa shape index (κ1) is 15.9. The largest absolute Gasteiger partial charge is 0.418 e. The molecule has 1 heterocycles. The maximum Gasteiger partial charge on any atom is 0.418 e. The predicted molar refractivity (Wildman–Crippen MR) is 74.5 cm³/mol. The first-order valence-corrected chi connectivity index (χ1v) is 6.88. The average molecular weight is 300 g/mol. The van der Waals surface area contributed by atoms with E-state index in [2.05, 4.69) is 17.0 Å². The van der Waals surface area contributed by atoms with Gasteiger partial charge in [0.1, 0.15) is 0 Å². The second-order valence-electron chi connectivity index (χ2n) is 5.13. The highest BCUT2D eigenvalue weighted by Crippen LogP contribution is 2.21. The molecule has 0 amide bonds. The van der Waals surface area contributed by atoms with E-state index in [1.807, 2.05) is 18.2 Å². The fourth-order valence-electron chi connectivity index (χ4n) is 2.22. The van der Waals surface area contributed by atoms with Crippen molar-refractivity contribution in [3.8, 4) is 0 Å². The van der Waals surface area contributed by atoms with Gasteiger partial charge in [-0.15, -0.1) is 0 Å². The molecule has 1 fully saturated rings. The number of halogens is 3. The van der Waals surface area contributed by atoms with Crippen LogP contribution in [0, 0.1) is 0 Å². The number of piperazine rings is 1. The summed E-state index contributed by atoms with van der Waals surface area (Å²) in [4.78, 5) is 4.07. The van der Waals surface area contributed by atoms with Gasteiger partial charge < -0.3 is 10.0 Å². The Balaban J connectivity index is 1.77. The third kappa shape index (κ3) is 5.06. The van der Waals surface area contributed by atoms with Gasteiger partial charge in [0.15, 0.2) is 6.10 Å². The summed E-state index contributed by atoms with van der Waals surface area (Å²) in [5.74, 6) is 0. The molecule has 1 aromatic carbocycles. The molecule has 3 nitrogen and oxygen atoms in total. The van der Waals surface area contributed by atoms with Gasteiger partial charge in [0, 0.05) is 32.7 Å². The Morgan fingerprint density at radius 2 is 1.71 bits per heavy atom. The van der Waals surface area contributed by atoms with Gasteiger partial charge in [0.2, 0.25) is 0 Å². The third-order valence-electron chi connectivity index (χ3n) is 3.47. The van der Waals surface area contributed by atoms with Crippen molar-refractivity contribution in [2.24, 2.45) is 0 Å². The van der Waals surface area contributed by atoms with Crippen LogP contribution in [-0.4, -0.2) is 53.4 Å². The normalized spacial score (nSPS) is 19.1. The van der Waals surface area contributed by atoms with Crippen molar-refractivity contribution < 1.29 is 18.3 Å². The van der Waals surface area contributed by atoms with Crippen LogP contribution in [0.25, 0.3) is 0 Å². The van der Waals surface area contributed by atoms with E-state index in [0.29, 0.717) is 13.1 Å². The van der Waals surface area contributed by atoms with Crippen molar-refractivity contribution in [2.45, 2.75) is 18.8 Å². The lowest BCUT2D eigenvalue weighted by atomic mass is 10.2. The molecule has 116 valence electrons.